The lowest BCUT2D eigenvalue weighted by atomic mass is 9.90. The van der Waals surface area contributed by atoms with Gasteiger partial charge in [0.15, 0.2) is 39.8 Å². The van der Waals surface area contributed by atoms with Crippen molar-refractivity contribution >= 4 is 145 Å². The van der Waals surface area contributed by atoms with Gasteiger partial charge in [0.2, 0.25) is 17.5 Å². The average molecular weight is 1610 g/mol. The van der Waals surface area contributed by atoms with Crippen LogP contribution in [0.25, 0.3) is 33.4 Å². The Hall–Kier alpha value is -15.1. The zero-order chi connectivity index (χ0) is 83.8. The minimum Gasteiger partial charge on any atom is -0.508 e. The maximum absolute atomic E-state index is 13.6. The van der Waals surface area contributed by atoms with Crippen molar-refractivity contribution < 1.29 is 68.0 Å². The first kappa shape index (κ1) is 81.4. The van der Waals surface area contributed by atoms with E-state index in [1.54, 1.807) is 104 Å². The molecule has 2 aliphatic rings. The molecule has 0 atom stereocenters. The Balaban J connectivity index is 0.548. The van der Waals surface area contributed by atoms with Crippen molar-refractivity contribution in [2.75, 3.05) is 57.4 Å². The van der Waals surface area contributed by atoms with Gasteiger partial charge in [0.25, 0.3) is 47.3 Å². The van der Waals surface area contributed by atoms with Gasteiger partial charge in [-0.2, -0.15) is 9.98 Å². The van der Waals surface area contributed by atoms with Crippen molar-refractivity contribution in [3.63, 3.8) is 0 Å². The molecule has 604 valence electrons. The highest BCUT2D eigenvalue weighted by atomic mass is 32.1. The summed E-state index contributed by atoms with van der Waals surface area (Å²) in [5.74, 6) is -5.97. The lowest BCUT2D eigenvalue weighted by molar-refractivity contribution is 0.0695. The van der Waals surface area contributed by atoms with E-state index >= 15 is 0 Å². The summed E-state index contributed by atoms with van der Waals surface area (Å²) >= 11 is 4.48. The van der Waals surface area contributed by atoms with Crippen LogP contribution in [0.3, 0.4) is 0 Å². The number of aryl methyl sites for hydroxylation is 8. The van der Waals surface area contributed by atoms with E-state index in [0.717, 1.165) is 12.8 Å². The number of unbranched alkanes of at least 4 members (excludes halogenated alkanes) is 3. The topological polar surface area (TPSA) is 488 Å². The number of aromatic hydroxyl groups is 1. The fourth-order valence-corrected chi connectivity index (χ4v) is 13.1. The van der Waals surface area contributed by atoms with E-state index < -0.39 is 47.3 Å². The number of hydrogen-bond acceptors (Lipinski definition) is 18. The second kappa shape index (κ2) is 34.9. The first-order chi connectivity index (χ1) is 55.8. The average Bonchev–Trinajstić information content (AvgIpc) is 1.71. The number of imidazole rings is 3. The van der Waals surface area contributed by atoms with E-state index in [0.29, 0.717) is 69.9 Å². The fourth-order valence-electron chi connectivity index (χ4n) is 12.9. The number of nitrogens with one attached hydrogen (secondary N) is 9. The zero-order valence-corrected chi connectivity index (χ0v) is 65.4. The number of benzene rings is 3. The smallest absolute Gasteiger partial charge is 0.336 e. The second-order valence-electron chi connectivity index (χ2n) is 27.3. The predicted molar refractivity (Wildman–Crippen MR) is 440 cm³/mol. The Labute approximate surface area is 670 Å². The van der Waals surface area contributed by atoms with Crippen molar-refractivity contribution in [3.8, 4) is 28.2 Å². The third-order valence-corrected chi connectivity index (χ3v) is 18.8. The molecule has 2 aromatic carbocycles. The predicted octanol–water partition coefficient (Wildman–Crippen LogP) is 9.47. The van der Waals surface area contributed by atoms with Crippen molar-refractivity contribution in [2.45, 2.75) is 44.9 Å². The molecule has 12 rings (SSSR count). The first-order valence-corrected chi connectivity index (χ1v) is 36.7. The number of thiol groups is 1. The quantitative estimate of drug-likeness (QED) is 0.00655. The molecule has 39 heteroatoms. The highest BCUT2D eigenvalue weighted by Gasteiger charge is 2.27. The number of nitrogens with zero attached hydrogens (tertiary/aromatic N) is 14. The van der Waals surface area contributed by atoms with Gasteiger partial charge in [0, 0.05) is 161 Å². The molecular formula is C78H81N23O15S. The highest BCUT2D eigenvalue weighted by molar-refractivity contribution is 7.97. The van der Waals surface area contributed by atoms with Crippen LogP contribution >= 0.6 is 12.6 Å². The number of anilines is 7. The Morgan fingerprint density at radius 2 is 0.897 bits per heavy atom. The Kier molecular flexibility index (Phi) is 24.3. The SMILES string of the molecule is CNC(=O)c1cc(NC(=O)c2cc(NC(=O)c3cc(NC(=O)c4nc(N=C(O)CCCNC(=O)c5cc(NC(=O)c6cc(NC(=O)c7nc(NC(=O)c8nc(N=C(O)CCCCCCN=C(S)Nc9ccc(-c%10c%11ccc(=O)cc-%11oc%11cc(O)ccc%10%11)c(C(=O)O)c9)cn8C)cn7C)cn6C)cn5C)cn4C)cn3C)cn2C)cn1C. The maximum atomic E-state index is 13.6. The summed E-state index contributed by atoms with van der Waals surface area (Å²) in [6.07, 6.45) is 15.3. The molecule has 0 unspecified atom stereocenters. The number of aliphatic imine (C=N–C) groups is 3. The number of carboxylic acid groups (broad SMARTS) is 1. The molecule has 0 fully saturated rings. The molecule has 0 spiro atoms. The number of aliphatic hydroxyl groups is 2. The van der Waals surface area contributed by atoms with Crippen LogP contribution in [0.5, 0.6) is 5.75 Å². The number of hydrogen-bond donors (Lipinski definition) is 14. The monoisotopic (exact) mass is 1610 g/mol. The summed E-state index contributed by atoms with van der Waals surface area (Å²) in [7, 11) is 14.3. The number of amidine groups is 1. The summed E-state index contributed by atoms with van der Waals surface area (Å²) < 4.78 is 17.8. The third kappa shape index (κ3) is 19.2. The largest absolute Gasteiger partial charge is 0.508 e. The Morgan fingerprint density at radius 3 is 1.41 bits per heavy atom. The van der Waals surface area contributed by atoms with Crippen LogP contribution in [0.2, 0.25) is 0 Å². The summed E-state index contributed by atoms with van der Waals surface area (Å²) in [4.78, 5) is 157. The molecule has 8 amide bonds. The van der Waals surface area contributed by atoms with Gasteiger partial charge in [-0.15, -0.1) is 12.6 Å². The van der Waals surface area contributed by atoms with Gasteiger partial charge in [-0.25, -0.2) is 19.7 Å². The molecule has 1 aliphatic carbocycles. The van der Waals surface area contributed by atoms with Crippen molar-refractivity contribution in [1.29, 1.82) is 0 Å². The number of aliphatic hydroxyl groups excluding tert-OH is 2. The summed E-state index contributed by atoms with van der Waals surface area (Å²) in [5.41, 5.74) is 4.38. The fraction of sp³-hybridized carbons (Fsp3) is 0.231. The van der Waals surface area contributed by atoms with Gasteiger partial charge < -0.3 is 109 Å². The van der Waals surface area contributed by atoms with Crippen LogP contribution in [0, 0.1) is 0 Å². The number of amides is 8. The van der Waals surface area contributed by atoms with Gasteiger partial charge in [-0.1, -0.05) is 18.9 Å². The van der Waals surface area contributed by atoms with E-state index in [1.807, 2.05) is 0 Å². The van der Waals surface area contributed by atoms with Crippen molar-refractivity contribution in [2.24, 2.45) is 71.4 Å². The zero-order valence-electron chi connectivity index (χ0n) is 64.6. The van der Waals surface area contributed by atoms with Gasteiger partial charge in [0.05, 0.1) is 46.4 Å². The number of fused-ring (bicyclic) bond motifs is 2. The van der Waals surface area contributed by atoms with Crippen LogP contribution in [0.4, 0.5) is 51.6 Å². The minimum atomic E-state index is -1.20. The standard InChI is InChI=1S/C78H81N23O15S/c1-79-69(106)53-26-42(33-94(53)2)82-71(108)55-28-44(35-96(55)4)84-73(110)57-29-45(36-98(57)6)85-74(111)66-90-61(38-99(66)7)89-64(105)16-14-24-80-70(107)54-27-43(34-95(54)3)83-72(109)56-30-46(37-97(56)5)86-75(112)67-92-62(40-101(67)9)93-76(113)68-91-60(39-100(68)8)88-63(104)15-12-10-11-13-23-81-78(117)87-41-17-20-49(52(25-41)77(114)115)65-50-21-18-47(102)31-58(50)116-59-32-48(103)19-22-51(59)65/h17-22,25-40,102H,10-16,23-24H2,1-9H3,(H,79,106)(H,80,107)(H,82,108)(H,83,109)(H,84,110)(H,85,111)(H,86,112)(H,88,104)(H,89,105)(H,93,113)(H,114,115)(H2,81,87,117). The lowest BCUT2D eigenvalue weighted by Crippen LogP contribution is -2.26. The van der Waals surface area contributed by atoms with E-state index in [9.17, 15) is 68.4 Å². The number of phenolic OH excluding ortho intramolecular Hbond substituents is 1. The van der Waals surface area contributed by atoms with Crippen LogP contribution < -0.4 is 53.3 Å². The van der Waals surface area contributed by atoms with Crippen molar-refractivity contribution in [3.05, 3.63) is 196 Å². The van der Waals surface area contributed by atoms with Gasteiger partial charge in [-0.05, 0) is 91.6 Å². The Bertz CT molecular complexity index is 6070. The molecule has 10 aromatic rings. The minimum absolute atomic E-state index is 0.0226. The molecule has 1 aliphatic heterocycles. The molecular weight excluding hydrogens is 1530 g/mol. The number of carbonyl (C=O) groups excluding carboxylic acids is 8. The molecule has 0 saturated heterocycles. The number of rotatable bonds is 30. The van der Waals surface area contributed by atoms with Crippen LogP contribution in [-0.2, 0) is 56.4 Å². The summed E-state index contributed by atoms with van der Waals surface area (Å²) in [5, 5.41) is 67.5. The van der Waals surface area contributed by atoms with Gasteiger partial charge in [0.1, 0.15) is 45.6 Å². The Morgan fingerprint density at radius 1 is 0.444 bits per heavy atom. The van der Waals surface area contributed by atoms with Crippen LogP contribution in [0.15, 0.2) is 159 Å². The van der Waals surface area contributed by atoms with E-state index in [-0.39, 0.29) is 146 Å². The van der Waals surface area contributed by atoms with Crippen LogP contribution in [-0.4, -0.2) is 162 Å². The number of carboxylic acids is 1. The second-order valence-corrected chi connectivity index (χ2v) is 27.8. The van der Waals surface area contributed by atoms with E-state index in [4.69, 9.17) is 4.42 Å². The number of aromatic carboxylic acids is 1. The highest BCUT2D eigenvalue weighted by Crippen LogP contribution is 2.43. The lowest BCUT2D eigenvalue weighted by Gasteiger charge is -2.17. The maximum Gasteiger partial charge on any atom is 0.336 e. The van der Waals surface area contributed by atoms with E-state index in [2.05, 4.69) is 90.4 Å². The molecule has 38 nitrogen and oxygen atoms in total. The molecule has 0 saturated carbocycles. The van der Waals surface area contributed by atoms with Crippen LogP contribution in [0.1, 0.15) is 140 Å². The molecule has 9 heterocycles. The number of aromatic nitrogens is 11. The normalized spacial score (nSPS) is 11.8. The molecule has 0 bridgehead atoms. The number of phenols is 1. The van der Waals surface area contributed by atoms with Gasteiger partial charge >= 0.3 is 5.97 Å². The number of carbonyl (C=O) groups is 9. The van der Waals surface area contributed by atoms with Gasteiger partial charge in [-0.3, -0.25) is 48.1 Å². The van der Waals surface area contributed by atoms with E-state index in [1.165, 1.54) is 131 Å². The molecule has 0 radical (unpaired) electrons. The molecule has 117 heavy (non-hydrogen) atoms. The summed E-state index contributed by atoms with van der Waals surface area (Å²) in [6, 6.07) is 21.0. The molecule has 8 aromatic heterocycles. The first-order valence-electron chi connectivity index (χ1n) is 36.2. The third-order valence-electron chi connectivity index (χ3n) is 18.5. The molecule has 13 N–H and O–H groups in total. The van der Waals surface area contributed by atoms with Crippen molar-refractivity contribution in [1.82, 2.24) is 62.1 Å². The summed E-state index contributed by atoms with van der Waals surface area (Å²) in [6.45, 7) is 0.520.